The first-order valence-corrected chi connectivity index (χ1v) is 7.92. The number of rotatable bonds is 7. The van der Waals surface area contributed by atoms with Crippen molar-refractivity contribution in [2.45, 2.75) is 70.9 Å². The molecular weight excluding hydrogens is 254 g/mol. The fourth-order valence-corrected chi connectivity index (χ4v) is 2.82. The Morgan fingerprint density at radius 2 is 2.20 bits per heavy atom. The zero-order valence-electron chi connectivity index (χ0n) is 12.9. The molecule has 5 heteroatoms. The molecule has 2 rings (SSSR count). The van der Waals surface area contributed by atoms with Crippen LogP contribution in [0.15, 0.2) is 4.52 Å². The first kappa shape index (κ1) is 15.4. The number of aromatic nitrogens is 2. The van der Waals surface area contributed by atoms with Gasteiger partial charge in [0.1, 0.15) is 0 Å². The van der Waals surface area contributed by atoms with Gasteiger partial charge in [0.15, 0.2) is 5.82 Å². The van der Waals surface area contributed by atoms with E-state index in [4.69, 9.17) is 9.26 Å². The molecule has 1 aromatic rings. The van der Waals surface area contributed by atoms with E-state index in [1.807, 2.05) is 0 Å². The van der Waals surface area contributed by atoms with Gasteiger partial charge in [0.05, 0.1) is 12.0 Å². The second-order valence-corrected chi connectivity index (χ2v) is 5.60. The molecule has 3 unspecified atom stereocenters. The maximum atomic E-state index is 5.72. The average molecular weight is 281 g/mol. The van der Waals surface area contributed by atoms with Crippen LogP contribution in [0.2, 0.25) is 0 Å². The summed E-state index contributed by atoms with van der Waals surface area (Å²) in [7, 11) is 0. The molecule has 0 amide bonds. The summed E-state index contributed by atoms with van der Waals surface area (Å²) in [4.78, 5) is 4.56. The Balaban J connectivity index is 1.93. The molecule has 1 aromatic heterocycles. The minimum absolute atomic E-state index is 0.244. The van der Waals surface area contributed by atoms with Crippen molar-refractivity contribution in [2.24, 2.45) is 0 Å². The van der Waals surface area contributed by atoms with Crippen LogP contribution in [0.3, 0.4) is 0 Å². The van der Waals surface area contributed by atoms with Gasteiger partial charge in [0.2, 0.25) is 5.89 Å². The van der Waals surface area contributed by atoms with E-state index in [2.05, 4.69) is 36.2 Å². The molecule has 3 atom stereocenters. The topological polar surface area (TPSA) is 60.2 Å². The van der Waals surface area contributed by atoms with E-state index < -0.39 is 0 Å². The van der Waals surface area contributed by atoms with Crippen LogP contribution >= 0.6 is 0 Å². The van der Waals surface area contributed by atoms with Crippen LogP contribution in [-0.2, 0) is 11.2 Å². The Bertz CT molecular complexity index is 388. The van der Waals surface area contributed by atoms with E-state index >= 15 is 0 Å². The SMILES string of the molecule is CCNC(CC)C(C)c1nc(CC2CCCCO2)no1. The predicted octanol–water partition coefficient (Wildman–Crippen LogP) is 2.67. The fraction of sp³-hybridized carbons (Fsp3) is 0.867. The molecule has 0 aromatic carbocycles. The summed E-state index contributed by atoms with van der Waals surface area (Å²) in [6.45, 7) is 8.26. The number of likely N-dealkylation sites (N-methyl/N-ethyl adjacent to an activating group) is 1. The van der Waals surface area contributed by atoms with Crippen molar-refractivity contribution in [1.82, 2.24) is 15.5 Å². The second kappa shape index (κ2) is 7.74. The molecule has 0 radical (unpaired) electrons. The summed E-state index contributed by atoms with van der Waals surface area (Å²) < 4.78 is 11.2. The summed E-state index contributed by atoms with van der Waals surface area (Å²) >= 11 is 0. The lowest BCUT2D eigenvalue weighted by Crippen LogP contribution is -2.33. The van der Waals surface area contributed by atoms with Crippen molar-refractivity contribution in [3.8, 4) is 0 Å². The summed E-state index contributed by atoms with van der Waals surface area (Å²) in [5.74, 6) is 1.77. The molecule has 0 spiro atoms. The van der Waals surface area contributed by atoms with Crippen LogP contribution in [0.25, 0.3) is 0 Å². The fourth-order valence-electron chi connectivity index (χ4n) is 2.82. The second-order valence-electron chi connectivity index (χ2n) is 5.60. The van der Waals surface area contributed by atoms with E-state index in [-0.39, 0.29) is 12.0 Å². The van der Waals surface area contributed by atoms with Crippen molar-refractivity contribution in [3.63, 3.8) is 0 Å². The summed E-state index contributed by atoms with van der Waals surface area (Å²) in [6, 6.07) is 0.388. The molecule has 1 aliphatic heterocycles. The van der Waals surface area contributed by atoms with Crippen LogP contribution in [0, 0.1) is 0 Å². The lowest BCUT2D eigenvalue weighted by molar-refractivity contribution is 0.0153. The Kier molecular flexibility index (Phi) is 5.98. The van der Waals surface area contributed by atoms with Gasteiger partial charge in [-0.1, -0.05) is 25.9 Å². The molecule has 1 saturated heterocycles. The maximum Gasteiger partial charge on any atom is 0.231 e. The molecule has 114 valence electrons. The molecule has 20 heavy (non-hydrogen) atoms. The number of nitrogens with one attached hydrogen (secondary N) is 1. The Morgan fingerprint density at radius 3 is 2.85 bits per heavy atom. The van der Waals surface area contributed by atoms with Crippen molar-refractivity contribution in [2.75, 3.05) is 13.2 Å². The Morgan fingerprint density at radius 1 is 1.35 bits per heavy atom. The van der Waals surface area contributed by atoms with E-state index in [0.29, 0.717) is 6.04 Å². The van der Waals surface area contributed by atoms with Crippen molar-refractivity contribution < 1.29 is 9.26 Å². The highest BCUT2D eigenvalue weighted by molar-refractivity contribution is 4.98. The highest BCUT2D eigenvalue weighted by Crippen LogP contribution is 2.21. The van der Waals surface area contributed by atoms with Crippen LogP contribution in [0.5, 0.6) is 0 Å². The first-order valence-electron chi connectivity index (χ1n) is 7.92. The van der Waals surface area contributed by atoms with Gasteiger partial charge in [0.25, 0.3) is 0 Å². The Labute approximate surface area is 121 Å². The third-order valence-corrected chi connectivity index (χ3v) is 4.07. The number of hydrogen-bond acceptors (Lipinski definition) is 5. The van der Waals surface area contributed by atoms with Crippen LogP contribution in [-0.4, -0.2) is 35.4 Å². The molecule has 5 nitrogen and oxygen atoms in total. The van der Waals surface area contributed by atoms with Gasteiger partial charge in [0, 0.05) is 19.1 Å². The van der Waals surface area contributed by atoms with Gasteiger partial charge in [-0.25, -0.2) is 0 Å². The first-order chi connectivity index (χ1) is 9.74. The summed E-state index contributed by atoms with van der Waals surface area (Å²) in [5, 5.41) is 7.58. The van der Waals surface area contributed by atoms with E-state index in [1.54, 1.807) is 0 Å². The average Bonchev–Trinajstić information content (AvgIpc) is 2.93. The highest BCUT2D eigenvalue weighted by Gasteiger charge is 2.23. The van der Waals surface area contributed by atoms with Crippen molar-refractivity contribution in [1.29, 1.82) is 0 Å². The zero-order valence-corrected chi connectivity index (χ0v) is 12.9. The van der Waals surface area contributed by atoms with Crippen LogP contribution in [0.4, 0.5) is 0 Å². The van der Waals surface area contributed by atoms with Gasteiger partial charge in [-0.2, -0.15) is 4.98 Å². The van der Waals surface area contributed by atoms with E-state index in [9.17, 15) is 0 Å². The van der Waals surface area contributed by atoms with E-state index in [0.717, 1.165) is 44.1 Å². The van der Waals surface area contributed by atoms with E-state index in [1.165, 1.54) is 12.8 Å². The third-order valence-electron chi connectivity index (χ3n) is 4.07. The smallest absolute Gasteiger partial charge is 0.231 e. The van der Waals surface area contributed by atoms with Crippen molar-refractivity contribution >= 4 is 0 Å². The van der Waals surface area contributed by atoms with Gasteiger partial charge < -0.3 is 14.6 Å². The maximum absolute atomic E-state index is 5.72. The zero-order chi connectivity index (χ0) is 14.4. The molecule has 0 aliphatic carbocycles. The van der Waals surface area contributed by atoms with Crippen LogP contribution in [0.1, 0.15) is 64.1 Å². The number of ether oxygens (including phenoxy) is 1. The lowest BCUT2D eigenvalue weighted by atomic mass is 9.99. The normalized spacial score (nSPS) is 22.6. The highest BCUT2D eigenvalue weighted by atomic mass is 16.5. The monoisotopic (exact) mass is 281 g/mol. The largest absolute Gasteiger partial charge is 0.378 e. The molecule has 2 heterocycles. The van der Waals surface area contributed by atoms with Gasteiger partial charge in [-0.3, -0.25) is 0 Å². The molecule has 1 fully saturated rings. The summed E-state index contributed by atoms with van der Waals surface area (Å²) in [6.07, 6.45) is 5.61. The lowest BCUT2D eigenvalue weighted by Gasteiger charge is -2.21. The predicted molar refractivity (Wildman–Crippen MR) is 77.8 cm³/mol. The summed E-state index contributed by atoms with van der Waals surface area (Å²) in [5.41, 5.74) is 0. The minimum atomic E-state index is 0.244. The third kappa shape index (κ3) is 4.03. The quantitative estimate of drug-likeness (QED) is 0.832. The van der Waals surface area contributed by atoms with Crippen LogP contribution < -0.4 is 5.32 Å². The molecule has 1 aliphatic rings. The molecule has 0 bridgehead atoms. The van der Waals surface area contributed by atoms with Gasteiger partial charge >= 0.3 is 0 Å². The van der Waals surface area contributed by atoms with Gasteiger partial charge in [-0.15, -0.1) is 0 Å². The molecular formula is C15H27N3O2. The number of hydrogen-bond donors (Lipinski definition) is 1. The standard InChI is InChI=1S/C15H27N3O2/c1-4-13(16-5-2)11(3)15-17-14(18-20-15)10-12-8-6-7-9-19-12/h11-13,16H,4-10H2,1-3H3. The van der Waals surface area contributed by atoms with Crippen molar-refractivity contribution in [3.05, 3.63) is 11.7 Å². The molecule has 0 saturated carbocycles. The Hall–Kier alpha value is -0.940. The number of nitrogens with zero attached hydrogens (tertiary/aromatic N) is 2. The van der Waals surface area contributed by atoms with Gasteiger partial charge in [-0.05, 0) is 32.2 Å². The molecule has 1 N–H and O–H groups in total. The minimum Gasteiger partial charge on any atom is -0.378 e.